The molecule has 0 aliphatic heterocycles. The van der Waals surface area contributed by atoms with Crippen LogP contribution in [0.2, 0.25) is 0 Å². The first-order chi connectivity index (χ1) is 15.5. The van der Waals surface area contributed by atoms with Gasteiger partial charge in [0.1, 0.15) is 16.4 Å². The third-order valence-electron chi connectivity index (χ3n) is 5.36. The molecule has 0 saturated heterocycles. The Balaban J connectivity index is 1.51. The van der Waals surface area contributed by atoms with Crippen LogP contribution in [-0.2, 0) is 5.75 Å². The van der Waals surface area contributed by atoms with E-state index < -0.39 is 0 Å². The normalized spacial score (nSPS) is 11.5. The molecule has 3 aromatic heterocycles. The lowest BCUT2D eigenvalue weighted by Crippen LogP contribution is -2.11. The average Bonchev–Trinajstić information content (AvgIpc) is 3.30. The number of para-hydroxylation sites is 2. The summed E-state index contributed by atoms with van der Waals surface area (Å²) in [7, 11) is 0. The Labute approximate surface area is 193 Å². The van der Waals surface area contributed by atoms with Crippen LogP contribution in [0.1, 0.15) is 23.2 Å². The van der Waals surface area contributed by atoms with Gasteiger partial charge in [0.2, 0.25) is 0 Å². The fourth-order valence-corrected chi connectivity index (χ4v) is 5.66. The van der Waals surface area contributed by atoms with E-state index in [9.17, 15) is 4.79 Å². The molecule has 2 aromatic carbocycles. The molecule has 8 heteroatoms. The Bertz CT molecular complexity index is 1480. The zero-order valence-corrected chi connectivity index (χ0v) is 19.6. The molecule has 0 spiro atoms. The summed E-state index contributed by atoms with van der Waals surface area (Å²) in [5.74, 6) is 2.01. The van der Waals surface area contributed by atoms with Crippen LogP contribution in [0, 0.1) is 13.8 Å². The molecule has 0 fully saturated rings. The number of benzene rings is 2. The average molecular weight is 463 g/mol. The van der Waals surface area contributed by atoms with Gasteiger partial charge in [-0.3, -0.25) is 9.36 Å². The highest BCUT2D eigenvalue weighted by atomic mass is 32.2. The second-order valence-corrected chi connectivity index (χ2v) is 9.56. The standard InChI is InChI=1S/C24H22N4O2S2/c1-4-30-17-11-9-16(10-12-17)28-19-8-6-5-7-18(19)25-24(28)31-13-20-26-22(29)21-14(2)15(3)32-23(21)27-20/h5-12H,4,13H2,1-3H3,(H,26,27,29). The fraction of sp³-hybridized carbons (Fsp3) is 0.208. The molecule has 5 rings (SSSR count). The number of aromatic nitrogens is 4. The third-order valence-corrected chi connectivity index (χ3v) is 7.41. The maximum Gasteiger partial charge on any atom is 0.259 e. The summed E-state index contributed by atoms with van der Waals surface area (Å²) in [6.07, 6.45) is 0. The summed E-state index contributed by atoms with van der Waals surface area (Å²) >= 11 is 3.12. The van der Waals surface area contributed by atoms with Crippen LogP contribution < -0.4 is 10.3 Å². The Morgan fingerprint density at radius 3 is 2.66 bits per heavy atom. The maximum absolute atomic E-state index is 12.6. The second-order valence-electron chi connectivity index (χ2n) is 7.41. The number of fused-ring (bicyclic) bond motifs is 2. The lowest BCUT2D eigenvalue weighted by molar-refractivity contribution is 0.340. The van der Waals surface area contributed by atoms with Crippen LogP contribution in [0.4, 0.5) is 0 Å². The SMILES string of the molecule is CCOc1ccc(-n2c(SCc3nc4sc(C)c(C)c4c(=O)[nH]3)nc3ccccc32)cc1. The Morgan fingerprint density at radius 1 is 1.09 bits per heavy atom. The summed E-state index contributed by atoms with van der Waals surface area (Å²) in [5.41, 5.74) is 3.89. The summed E-state index contributed by atoms with van der Waals surface area (Å²) in [6.45, 7) is 6.60. The Kier molecular flexibility index (Phi) is 5.48. The van der Waals surface area contributed by atoms with Crippen molar-refractivity contribution in [2.45, 2.75) is 31.7 Å². The number of ether oxygens (including phenoxy) is 1. The van der Waals surface area contributed by atoms with Gasteiger partial charge in [-0.25, -0.2) is 9.97 Å². The van der Waals surface area contributed by atoms with E-state index in [-0.39, 0.29) is 5.56 Å². The molecule has 0 bridgehead atoms. The number of hydrogen-bond donors (Lipinski definition) is 1. The number of aryl methyl sites for hydroxylation is 2. The zero-order chi connectivity index (χ0) is 22.2. The first kappa shape index (κ1) is 20.8. The molecule has 0 unspecified atom stereocenters. The fourth-order valence-electron chi connectivity index (χ4n) is 3.71. The molecule has 5 aromatic rings. The van der Waals surface area contributed by atoms with Crippen molar-refractivity contribution in [1.82, 2.24) is 19.5 Å². The highest BCUT2D eigenvalue weighted by Gasteiger charge is 2.16. The summed E-state index contributed by atoms with van der Waals surface area (Å²) in [6, 6.07) is 16.1. The topological polar surface area (TPSA) is 72.8 Å². The van der Waals surface area contributed by atoms with Gasteiger partial charge in [0, 0.05) is 10.6 Å². The van der Waals surface area contributed by atoms with Gasteiger partial charge < -0.3 is 9.72 Å². The zero-order valence-electron chi connectivity index (χ0n) is 18.0. The highest BCUT2D eigenvalue weighted by molar-refractivity contribution is 7.98. The Morgan fingerprint density at radius 2 is 1.88 bits per heavy atom. The van der Waals surface area contributed by atoms with Gasteiger partial charge >= 0.3 is 0 Å². The van der Waals surface area contributed by atoms with Gasteiger partial charge in [0.05, 0.1) is 28.8 Å². The van der Waals surface area contributed by atoms with Gasteiger partial charge in [-0.2, -0.15) is 0 Å². The third kappa shape index (κ3) is 3.69. The lowest BCUT2D eigenvalue weighted by Gasteiger charge is -2.10. The van der Waals surface area contributed by atoms with Crippen LogP contribution >= 0.6 is 23.1 Å². The predicted molar refractivity (Wildman–Crippen MR) is 132 cm³/mol. The van der Waals surface area contributed by atoms with Crippen molar-refractivity contribution in [1.29, 1.82) is 0 Å². The molecule has 6 nitrogen and oxygen atoms in total. The molecular weight excluding hydrogens is 440 g/mol. The summed E-state index contributed by atoms with van der Waals surface area (Å²) in [4.78, 5) is 27.1. The molecule has 3 heterocycles. The number of thiophene rings is 1. The van der Waals surface area contributed by atoms with Crippen molar-refractivity contribution in [3.05, 3.63) is 75.1 Å². The van der Waals surface area contributed by atoms with Crippen LogP contribution in [0.15, 0.2) is 58.5 Å². The highest BCUT2D eigenvalue weighted by Crippen LogP contribution is 2.31. The number of nitrogens with one attached hydrogen (secondary N) is 1. The minimum Gasteiger partial charge on any atom is -0.494 e. The molecular formula is C24H22N4O2S2. The first-order valence-electron chi connectivity index (χ1n) is 10.4. The molecule has 0 amide bonds. The Hall–Kier alpha value is -3.10. The van der Waals surface area contributed by atoms with Crippen molar-refractivity contribution in [2.24, 2.45) is 0 Å². The van der Waals surface area contributed by atoms with Crippen molar-refractivity contribution in [3.63, 3.8) is 0 Å². The van der Waals surface area contributed by atoms with Gasteiger partial charge in [-0.15, -0.1) is 11.3 Å². The number of rotatable bonds is 6. The van der Waals surface area contributed by atoms with Crippen LogP contribution in [0.25, 0.3) is 26.9 Å². The van der Waals surface area contributed by atoms with E-state index >= 15 is 0 Å². The minimum atomic E-state index is -0.0764. The first-order valence-corrected chi connectivity index (χ1v) is 12.2. The van der Waals surface area contributed by atoms with Gasteiger partial charge in [-0.05, 0) is 62.7 Å². The number of imidazole rings is 1. The molecule has 0 atom stereocenters. The largest absolute Gasteiger partial charge is 0.494 e. The lowest BCUT2D eigenvalue weighted by atomic mass is 10.2. The molecule has 162 valence electrons. The molecule has 32 heavy (non-hydrogen) atoms. The smallest absolute Gasteiger partial charge is 0.259 e. The van der Waals surface area contributed by atoms with E-state index in [1.807, 2.05) is 63.2 Å². The number of H-pyrrole nitrogens is 1. The number of aromatic amines is 1. The minimum absolute atomic E-state index is 0.0764. The predicted octanol–water partition coefficient (Wildman–Crippen LogP) is 5.63. The van der Waals surface area contributed by atoms with E-state index in [0.29, 0.717) is 23.6 Å². The number of hydrogen-bond acceptors (Lipinski definition) is 6. The van der Waals surface area contributed by atoms with Crippen LogP contribution in [0.3, 0.4) is 0 Å². The number of nitrogens with zero attached hydrogens (tertiary/aromatic N) is 3. The molecule has 0 radical (unpaired) electrons. The van der Waals surface area contributed by atoms with Crippen molar-refractivity contribution < 1.29 is 4.74 Å². The summed E-state index contributed by atoms with van der Waals surface area (Å²) < 4.78 is 7.72. The second kappa shape index (κ2) is 8.44. The van der Waals surface area contributed by atoms with E-state index in [1.54, 1.807) is 23.1 Å². The van der Waals surface area contributed by atoms with Gasteiger partial charge in [0.15, 0.2) is 5.16 Å². The molecule has 0 saturated carbocycles. The monoisotopic (exact) mass is 462 g/mol. The molecule has 0 aliphatic carbocycles. The van der Waals surface area contributed by atoms with Crippen molar-refractivity contribution >= 4 is 44.3 Å². The number of thioether (sulfide) groups is 1. The van der Waals surface area contributed by atoms with Gasteiger partial charge in [0.25, 0.3) is 5.56 Å². The maximum atomic E-state index is 12.6. The van der Waals surface area contributed by atoms with E-state index in [0.717, 1.165) is 42.9 Å². The van der Waals surface area contributed by atoms with Crippen LogP contribution in [-0.4, -0.2) is 26.1 Å². The quantitative estimate of drug-likeness (QED) is 0.331. The van der Waals surface area contributed by atoms with Crippen LogP contribution in [0.5, 0.6) is 5.75 Å². The van der Waals surface area contributed by atoms with E-state index in [4.69, 9.17) is 14.7 Å². The molecule has 0 aliphatic rings. The van der Waals surface area contributed by atoms with E-state index in [1.165, 1.54) is 0 Å². The summed E-state index contributed by atoms with van der Waals surface area (Å²) in [5, 5.41) is 1.54. The van der Waals surface area contributed by atoms with Crippen molar-refractivity contribution in [3.8, 4) is 11.4 Å². The molecule has 1 N–H and O–H groups in total. The van der Waals surface area contributed by atoms with Gasteiger partial charge in [-0.1, -0.05) is 23.9 Å². The van der Waals surface area contributed by atoms with E-state index in [2.05, 4.69) is 15.6 Å². The van der Waals surface area contributed by atoms with Crippen molar-refractivity contribution in [2.75, 3.05) is 6.61 Å².